The van der Waals surface area contributed by atoms with Crippen LogP contribution < -0.4 is 10.2 Å². The van der Waals surface area contributed by atoms with E-state index in [1.54, 1.807) is 13.2 Å². The summed E-state index contributed by atoms with van der Waals surface area (Å²) >= 11 is 0. The number of rotatable bonds is 9. The lowest BCUT2D eigenvalue weighted by Gasteiger charge is -2.29. The van der Waals surface area contributed by atoms with Gasteiger partial charge in [-0.25, -0.2) is 4.39 Å². The minimum atomic E-state index is -0.154. The Hall–Kier alpha value is -1.13. The molecule has 3 nitrogen and oxygen atoms in total. The van der Waals surface area contributed by atoms with Crippen LogP contribution in [-0.2, 0) is 11.3 Å². The summed E-state index contributed by atoms with van der Waals surface area (Å²) in [5, 5.41) is 3.22. The van der Waals surface area contributed by atoms with E-state index in [1.165, 1.54) is 0 Å². The molecule has 1 N–H and O–H groups in total. The molecule has 120 valence electrons. The zero-order chi connectivity index (χ0) is 15.8. The molecule has 0 aliphatic heterocycles. The van der Waals surface area contributed by atoms with Crippen LogP contribution in [0.4, 0.5) is 10.1 Å². The van der Waals surface area contributed by atoms with Crippen LogP contribution in [0.3, 0.4) is 0 Å². The number of nitrogens with one attached hydrogen (secondary N) is 1. The van der Waals surface area contributed by atoms with E-state index in [-0.39, 0.29) is 5.82 Å². The van der Waals surface area contributed by atoms with Gasteiger partial charge in [0.1, 0.15) is 5.82 Å². The van der Waals surface area contributed by atoms with Crippen molar-refractivity contribution in [2.24, 2.45) is 5.92 Å². The third-order valence-electron chi connectivity index (χ3n) is 3.68. The number of anilines is 1. The highest BCUT2D eigenvalue weighted by molar-refractivity contribution is 5.49. The van der Waals surface area contributed by atoms with Crippen LogP contribution >= 0.6 is 0 Å². The number of hydrogen-bond acceptors (Lipinski definition) is 3. The maximum absolute atomic E-state index is 14.3. The van der Waals surface area contributed by atoms with E-state index in [9.17, 15) is 4.39 Å². The molecule has 0 aromatic heterocycles. The summed E-state index contributed by atoms with van der Waals surface area (Å²) in [4.78, 5) is 2.03. The summed E-state index contributed by atoms with van der Waals surface area (Å²) in [6.45, 7) is 8.61. The van der Waals surface area contributed by atoms with Gasteiger partial charge in [0.15, 0.2) is 0 Å². The van der Waals surface area contributed by atoms with Crippen molar-refractivity contribution in [1.82, 2.24) is 5.32 Å². The lowest BCUT2D eigenvalue weighted by atomic mass is 10.0. The summed E-state index contributed by atoms with van der Waals surface area (Å²) in [6, 6.07) is 5.80. The molecule has 21 heavy (non-hydrogen) atoms. The SMILES string of the molecule is COCCNCc1ccc(N(C)C(C)CC(C)C)c(F)c1. The van der Waals surface area contributed by atoms with Crippen molar-refractivity contribution in [3.63, 3.8) is 0 Å². The molecule has 0 aliphatic rings. The van der Waals surface area contributed by atoms with Gasteiger partial charge >= 0.3 is 0 Å². The largest absolute Gasteiger partial charge is 0.383 e. The van der Waals surface area contributed by atoms with Crippen LogP contribution in [-0.4, -0.2) is 33.4 Å². The van der Waals surface area contributed by atoms with Gasteiger partial charge in [-0.3, -0.25) is 0 Å². The van der Waals surface area contributed by atoms with Crippen molar-refractivity contribution < 1.29 is 9.13 Å². The second kappa shape index (κ2) is 9.00. The van der Waals surface area contributed by atoms with Gasteiger partial charge in [-0.15, -0.1) is 0 Å². The van der Waals surface area contributed by atoms with E-state index in [0.717, 1.165) is 18.5 Å². The standard InChI is InChI=1S/C17H29FN2O/c1-13(2)10-14(3)20(4)17-7-6-15(11-16(17)18)12-19-8-9-21-5/h6-7,11,13-14,19H,8-10,12H2,1-5H3. The first-order valence-corrected chi connectivity index (χ1v) is 7.66. The number of methoxy groups -OCH3 is 1. The van der Waals surface area contributed by atoms with Crippen molar-refractivity contribution in [3.8, 4) is 0 Å². The average Bonchev–Trinajstić information content (AvgIpc) is 2.42. The average molecular weight is 296 g/mol. The Balaban J connectivity index is 2.64. The first kappa shape index (κ1) is 17.9. The Bertz CT molecular complexity index is 423. The van der Waals surface area contributed by atoms with Crippen LogP contribution in [0.2, 0.25) is 0 Å². The molecule has 0 radical (unpaired) electrons. The van der Waals surface area contributed by atoms with E-state index >= 15 is 0 Å². The van der Waals surface area contributed by atoms with Crippen LogP contribution in [0, 0.1) is 11.7 Å². The van der Waals surface area contributed by atoms with Gasteiger partial charge in [-0.05, 0) is 37.0 Å². The first-order chi connectivity index (χ1) is 9.95. The molecule has 0 amide bonds. The zero-order valence-electron chi connectivity index (χ0n) is 13.9. The summed E-state index contributed by atoms with van der Waals surface area (Å²) in [5.74, 6) is 0.453. The molecule has 0 aliphatic carbocycles. The Kier molecular flexibility index (Phi) is 7.68. The van der Waals surface area contributed by atoms with Gasteiger partial charge in [0.2, 0.25) is 0 Å². The summed E-state index contributed by atoms with van der Waals surface area (Å²) < 4.78 is 19.2. The molecular weight excluding hydrogens is 267 g/mol. The van der Waals surface area contributed by atoms with Crippen LogP contribution in [0.1, 0.15) is 32.8 Å². The molecule has 0 fully saturated rings. The highest BCUT2D eigenvalue weighted by atomic mass is 19.1. The Morgan fingerprint density at radius 2 is 2.00 bits per heavy atom. The molecule has 0 saturated heterocycles. The maximum atomic E-state index is 14.3. The fraction of sp³-hybridized carbons (Fsp3) is 0.647. The predicted molar refractivity (Wildman–Crippen MR) is 87.3 cm³/mol. The molecule has 1 aromatic carbocycles. The molecule has 0 heterocycles. The topological polar surface area (TPSA) is 24.5 Å². The number of nitrogens with zero attached hydrogens (tertiary/aromatic N) is 1. The van der Waals surface area contributed by atoms with E-state index in [4.69, 9.17) is 4.74 Å². The number of ether oxygens (including phenoxy) is 1. The predicted octanol–water partition coefficient (Wildman–Crippen LogP) is 3.43. The maximum Gasteiger partial charge on any atom is 0.146 e. The van der Waals surface area contributed by atoms with Gasteiger partial charge in [0.05, 0.1) is 12.3 Å². The van der Waals surface area contributed by atoms with Crippen molar-refractivity contribution in [2.75, 3.05) is 32.2 Å². The third-order valence-corrected chi connectivity index (χ3v) is 3.68. The molecule has 1 aromatic rings. The van der Waals surface area contributed by atoms with Crippen LogP contribution in [0.5, 0.6) is 0 Å². The van der Waals surface area contributed by atoms with Crippen molar-refractivity contribution in [2.45, 2.75) is 39.8 Å². The second-order valence-electron chi connectivity index (χ2n) is 6.04. The van der Waals surface area contributed by atoms with E-state index in [2.05, 4.69) is 26.1 Å². The van der Waals surface area contributed by atoms with Crippen LogP contribution in [0.15, 0.2) is 18.2 Å². The van der Waals surface area contributed by atoms with Crippen molar-refractivity contribution in [1.29, 1.82) is 0 Å². The van der Waals surface area contributed by atoms with Gasteiger partial charge in [-0.2, -0.15) is 0 Å². The van der Waals surface area contributed by atoms with E-state index < -0.39 is 0 Å². The Morgan fingerprint density at radius 3 is 2.57 bits per heavy atom. The van der Waals surface area contributed by atoms with E-state index in [1.807, 2.05) is 24.1 Å². The van der Waals surface area contributed by atoms with Crippen molar-refractivity contribution in [3.05, 3.63) is 29.6 Å². The fourth-order valence-electron chi connectivity index (χ4n) is 2.43. The highest BCUT2D eigenvalue weighted by Gasteiger charge is 2.15. The minimum absolute atomic E-state index is 0.154. The smallest absolute Gasteiger partial charge is 0.146 e. The lowest BCUT2D eigenvalue weighted by Crippen LogP contribution is -2.30. The van der Waals surface area contributed by atoms with Gasteiger partial charge in [0, 0.05) is 33.3 Å². The molecule has 1 unspecified atom stereocenters. The summed E-state index contributed by atoms with van der Waals surface area (Å²) in [5.41, 5.74) is 1.63. The molecule has 1 rings (SSSR count). The van der Waals surface area contributed by atoms with Gasteiger partial charge in [-0.1, -0.05) is 19.9 Å². The minimum Gasteiger partial charge on any atom is -0.383 e. The van der Waals surface area contributed by atoms with Crippen LogP contribution in [0.25, 0.3) is 0 Å². The molecule has 0 spiro atoms. The third kappa shape index (κ3) is 6.02. The normalized spacial score (nSPS) is 12.7. The van der Waals surface area contributed by atoms with Gasteiger partial charge < -0.3 is 15.0 Å². The molecular formula is C17H29FN2O. The highest BCUT2D eigenvalue weighted by Crippen LogP contribution is 2.23. The number of halogens is 1. The quantitative estimate of drug-likeness (QED) is 0.707. The Labute approximate surface area is 128 Å². The lowest BCUT2D eigenvalue weighted by molar-refractivity contribution is 0.199. The monoisotopic (exact) mass is 296 g/mol. The molecule has 0 saturated carbocycles. The summed E-state index contributed by atoms with van der Waals surface area (Å²) in [7, 11) is 3.63. The van der Waals surface area contributed by atoms with Gasteiger partial charge in [0.25, 0.3) is 0 Å². The molecule has 4 heteroatoms. The number of benzene rings is 1. The Morgan fingerprint density at radius 1 is 1.29 bits per heavy atom. The second-order valence-corrected chi connectivity index (χ2v) is 6.04. The molecule has 1 atom stereocenters. The number of hydrogen-bond donors (Lipinski definition) is 1. The van der Waals surface area contributed by atoms with Crippen molar-refractivity contribution >= 4 is 5.69 Å². The van der Waals surface area contributed by atoms with E-state index in [0.29, 0.717) is 30.8 Å². The fourth-order valence-corrected chi connectivity index (χ4v) is 2.43. The first-order valence-electron chi connectivity index (χ1n) is 7.66. The summed E-state index contributed by atoms with van der Waals surface area (Å²) in [6.07, 6.45) is 1.05. The zero-order valence-corrected chi connectivity index (χ0v) is 13.9. The molecule has 0 bridgehead atoms.